The topological polar surface area (TPSA) is 51.2 Å². The molecule has 0 aromatic heterocycles. The average Bonchev–Trinajstić information content (AvgIpc) is 2.89. The van der Waals surface area contributed by atoms with E-state index in [1.807, 2.05) is 0 Å². The molecular formula is C22H32O3. The van der Waals surface area contributed by atoms with Crippen LogP contribution in [-0.2, 0) is 14.4 Å². The number of carbonyl (C=O) groups is 3. The van der Waals surface area contributed by atoms with Crippen LogP contribution in [0.15, 0.2) is 0 Å². The Morgan fingerprint density at radius 2 is 1.76 bits per heavy atom. The maximum atomic E-state index is 12.5. The molecular weight excluding hydrogens is 312 g/mol. The van der Waals surface area contributed by atoms with Gasteiger partial charge in [0, 0.05) is 12.8 Å². The van der Waals surface area contributed by atoms with Crippen molar-refractivity contribution in [1.29, 1.82) is 0 Å². The highest BCUT2D eigenvalue weighted by atomic mass is 16.1. The molecule has 25 heavy (non-hydrogen) atoms. The minimum absolute atomic E-state index is 0.0779. The summed E-state index contributed by atoms with van der Waals surface area (Å²) in [6, 6.07) is 0. The summed E-state index contributed by atoms with van der Waals surface area (Å²) in [5.74, 6) is 2.90. The van der Waals surface area contributed by atoms with E-state index in [4.69, 9.17) is 0 Å². The normalized spacial score (nSPS) is 52.0. The molecule has 4 saturated carbocycles. The molecule has 1 unspecified atom stereocenters. The van der Waals surface area contributed by atoms with Crippen molar-refractivity contribution in [3.8, 4) is 0 Å². The second kappa shape index (κ2) is 5.50. The highest BCUT2D eigenvalue weighted by Crippen LogP contribution is 2.70. The third-order valence-corrected chi connectivity index (χ3v) is 9.57. The van der Waals surface area contributed by atoms with Crippen molar-refractivity contribution in [3.05, 3.63) is 0 Å². The lowest BCUT2D eigenvalue weighted by molar-refractivity contribution is -0.156. The van der Waals surface area contributed by atoms with Gasteiger partial charge in [-0.1, -0.05) is 13.8 Å². The van der Waals surface area contributed by atoms with Crippen LogP contribution in [0.25, 0.3) is 0 Å². The third-order valence-electron chi connectivity index (χ3n) is 9.57. The van der Waals surface area contributed by atoms with Crippen LogP contribution < -0.4 is 0 Å². The fourth-order valence-corrected chi connectivity index (χ4v) is 7.98. The number of ketones is 2. The van der Waals surface area contributed by atoms with E-state index in [-0.39, 0.29) is 11.2 Å². The van der Waals surface area contributed by atoms with Crippen LogP contribution in [0.5, 0.6) is 0 Å². The number of carbonyl (C=O) groups excluding carboxylic acids is 3. The summed E-state index contributed by atoms with van der Waals surface area (Å²) >= 11 is 0. The summed E-state index contributed by atoms with van der Waals surface area (Å²) in [5, 5.41) is 0. The number of aldehydes is 1. The van der Waals surface area contributed by atoms with Gasteiger partial charge in [-0.25, -0.2) is 0 Å². The highest BCUT2D eigenvalue weighted by molar-refractivity contribution is 5.98. The molecule has 0 radical (unpaired) electrons. The highest BCUT2D eigenvalue weighted by Gasteiger charge is 2.66. The Kier molecular flexibility index (Phi) is 3.84. The van der Waals surface area contributed by atoms with E-state index in [1.165, 1.54) is 6.42 Å². The molecule has 0 aliphatic heterocycles. The Morgan fingerprint density at radius 3 is 2.44 bits per heavy atom. The Hall–Kier alpha value is -0.990. The lowest BCUT2D eigenvalue weighted by Gasteiger charge is -2.61. The van der Waals surface area contributed by atoms with Crippen molar-refractivity contribution in [2.24, 2.45) is 39.9 Å². The predicted molar refractivity (Wildman–Crippen MR) is 95.9 cm³/mol. The molecule has 4 aliphatic carbocycles. The molecule has 4 aliphatic rings. The maximum Gasteiger partial charge on any atom is 0.143 e. The van der Waals surface area contributed by atoms with Gasteiger partial charge in [0.05, 0.1) is 5.41 Å². The SMILES string of the molecule is CC(=O)[C@@]1(C=O)CC[C@H]2[C@@H]3CCC4CC(=O)CC[C@]4(C)[C@H]3CC[C@@]21C. The standard InChI is InChI=1S/C22H32O3/c1-14(24)22(13-23)11-8-19-17-5-4-15-12-16(25)6-9-20(15,2)18(17)7-10-21(19,22)3/h13,15,17-19H,4-12H2,1-3H3/t15?,17-,18+,19+,20+,21+,22+/m1/s1. The summed E-state index contributed by atoms with van der Waals surface area (Å²) in [5.41, 5.74) is -0.612. The van der Waals surface area contributed by atoms with Crippen molar-refractivity contribution < 1.29 is 14.4 Å². The Labute approximate surface area is 151 Å². The lowest BCUT2D eigenvalue weighted by atomic mass is 9.43. The first-order chi connectivity index (χ1) is 11.8. The van der Waals surface area contributed by atoms with Crippen molar-refractivity contribution in [2.45, 2.75) is 78.6 Å². The second-order valence-electron chi connectivity index (χ2n) is 10.0. The van der Waals surface area contributed by atoms with Gasteiger partial charge < -0.3 is 4.79 Å². The summed E-state index contributed by atoms with van der Waals surface area (Å²) in [4.78, 5) is 36.5. The van der Waals surface area contributed by atoms with E-state index in [0.29, 0.717) is 34.9 Å². The molecule has 3 heteroatoms. The quantitative estimate of drug-likeness (QED) is 0.552. The van der Waals surface area contributed by atoms with Gasteiger partial charge in [0.1, 0.15) is 17.9 Å². The number of hydrogen-bond acceptors (Lipinski definition) is 3. The van der Waals surface area contributed by atoms with Crippen LogP contribution in [0.3, 0.4) is 0 Å². The van der Waals surface area contributed by atoms with E-state index in [0.717, 1.165) is 57.7 Å². The zero-order chi connectivity index (χ0) is 18.0. The Bertz CT molecular complexity index is 625. The smallest absolute Gasteiger partial charge is 0.143 e. The van der Waals surface area contributed by atoms with Gasteiger partial charge in [0.2, 0.25) is 0 Å². The first-order valence-electron chi connectivity index (χ1n) is 10.3. The fraction of sp³-hybridized carbons (Fsp3) is 0.864. The van der Waals surface area contributed by atoms with Crippen LogP contribution in [0, 0.1) is 39.9 Å². The Morgan fingerprint density at radius 1 is 1.04 bits per heavy atom. The van der Waals surface area contributed by atoms with E-state index in [1.54, 1.807) is 6.92 Å². The second-order valence-corrected chi connectivity index (χ2v) is 10.0. The number of Topliss-reactive ketones (excluding diaryl/α,β-unsaturated/α-hetero) is 2. The van der Waals surface area contributed by atoms with E-state index in [2.05, 4.69) is 13.8 Å². The van der Waals surface area contributed by atoms with Crippen molar-refractivity contribution >= 4 is 17.9 Å². The van der Waals surface area contributed by atoms with Crippen molar-refractivity contribution in [1.82, 2.24) is 0 Å². The molecule has 4 fully saturated rings. The molecule has 0 amide bonds. The van der Waals surface area contributed by atoms with Gasteiger partial charge in [0.25, 0.3) is 0 Å². The number of fused-ring (bicyclic) bond motifs is 5. The minimum atomic E-state index is -0.747. The fourth-order valence-electron chi connectivity index (χ4n) is 7.98. The van der Waals surface area contributed by atoms with Gasteiger partial charge >= 0.3 is 0 Å². The van der Waals surface area contributed by atoms with Crippen LogP contribution in [0.1, 0.15) is 78.6 Å². The van der Waals surface area contributed by atoms with Crippen LogP contribution in [0.2, 0.25) is 0 Å². The summed E-state index contributed by atoms with van der Waals surface area (Å²) in [6.45, 7) is 6.30. The predicted octanol–water partition coefficient (Wildman–Crippen LogP) is 4.37. The van der Waals surface area contributed by atoms with Gasteiger partial charge in [-0.15, -0.1) is 0 Å². The minimum Gasteiger partial charge on any atom is -0.302 e. The first kappa shape index (κ1) is 17.4. The van der Waals surface area contributed by atoms with Gasteiger partial charge in [0.15, 0.2) is 0 Å². The van der Waals surface area contributed by atoms with Crippen LogP contribution in [-0.4, -0.2) is 17.9 Å². The molecule has 0 aromatic carbocycles. The van der Waals surface area contributed by atoms with Crippen molar-refractivity contribution in [3.63, 3.8) is 0 Å². The third kappa shape index (κ3) is 2.07. The molecule has 3 nitrogen and oxygen atoms in total. The first-order valence-corrected chi connectivity index (χ1v) is 10.3. The number of hydrogen-bond donors (Lipinski definition) is 0. The zero-order valence-corrected chi connectivity index (χ0v) is 16.0. The molecule has 0 spiro atoms. The average molecular weight is 344 g/mol. The van der Waals surface area contributed by atoms with E-state index in [9.17, 15) is 14.4 Å². The molecule has 7 atom stereocenters. The molecule has 4 rings (SSSR count). The molecule has 0 bridgehead atoms. The summed E-state index contributed by atoms with van der Waals surface area (Å²) in [7, 11) is 0. The summed E-state index contributed by atoms with van der Waals surface area (Å²) in [6.07, 6.45) is 9.82. The molecule has 138 valence electrons. The van der Waals surface area contributed by atoms with Gasteiger partial charge in [-0.05, 0) is 86.4 Å². The number of rotatable bonds is 2. The zero-order valence-electron chi connectivity index (χ0n) is 16.0. The lowest BCUT2D eigenvalue weighted by Crippen LogP contribution is -2.56. The largest absolute Gasteiger partial charge is 0.302 e. The van der Waals surface area contributed by atoms with E-state index < -0.39 is 5.41 Å². The Balaban J connectivity index is 1.68. The van der Waals surface area contributed by atoms with Gasteiger partial charge in [-0.2, -0.15) is 0 Å². The monoisotopic (exact) mass is 344 g/mol. The molecule has 0 heterocycles. The van der Waals surface area contributed by atoms with Gasteiger partial charge in [-0.3, -0.25) is 9.59 Å². The summed E-state index contributed by atoms with van der Waals surface area (Å²) < 4.78 is 0. The van der Waals surface area contributed by atoms with E-state index >= 15 is 0 Å². The van der Waals surface area contributed by atoms with Crippen molar-refractivity contribution in [2.75, 3.05) is 0 Å². The molecule has 0 N–H and O–H groups in total. The molecule has 0 aromatic rings. The van der Waals surface area contributed by atoms with Crippen LogP contribution in [0.4, 0.5) is 0 Å². The van der Waals surface area contributed by atoms with Crippen LogP contribution >= 0.6 is 0 Å². The maximum absolute atomic E-state index is 12.5. The molecule has 0 saturated heterocycles.